The lowest BCUT2D eigenvalue weighted by Crippen LogP contribution is -2.07. The first kappa shape index (κ1) is 20.5. The summed E-state index contributed by atoms with van der Waals surface area (Å²) in [6, 6.07) is 0. The minimum absolute atomic E-state index is 0.440. The maximum atomic E-state index is 11.7. The summed E-state index contributed by atoms with van der Waals surface area (Å²) in [5, 5.41) is 5.27. The quantitative estimate of drug-likeness (QED) is 0.545. The smallest absolute Gasteiger partial charge is 0.259 e. The van der Waals surface area contributed by atoms with E-state index in [1.54, 1.807) is 0 Å². The van der Waals surface area contributed by atoms with Crippen molar-refractivity contribution in [2.45, 2.75) is 26.7 Å². The van der Waals surface area contributed by atoms with Gasteiger partial charge in [0.2, 0.25) is 11.8 Å². The van der Waals surface area contributed by atoms with Crippen molar-refractivity contribution in [3.8, 4) is 0 Å². The van der Waals surface area contributed by atoms with Gasteiger partial charge in [-0.1, -0.05) is 13.8 Å². The number of hydrogen-bond donors (Lipinski definition) is 2. The zero-order chi connectivity index (χ0) is 15.2. The van der Waals surface area contributed by atoms with Gasteiger partial charge in [0.15, 0.2) is 0 Å². The summed E-state index contributed by atoms with van der Waals surface area (Å²) in [6.07, 6.45) is 1.46. The van der Waals surface area contributed by atoms with Crippen molar-refractivity contribution in [3.05, 3.63) is 0 Å². The molecule has 0 bridgehead atoms. The van der Waals surface area contributed by atoms with Crippen molar-refractivity contribution < 1.29 is 8.42 Å². The first-order chi connectivity index (χ1) is 8.54. The Morgan fingerprint density at radius 2 is 1.21 bits per heavy atom. The highest BCUT2D eigenvalue weighted by Crippen LogP contribution is 2.60. The standard InChI is InChI=1S/C6H16Cl4N4O2P2S/c1-3-5-11-17(7,8)13-19(15,16)14-18(9,10)12-6-4-2/h11-12H,3-6H2,1-2H3. The fourth-order valence-electron chi connectivity index (χ4n) is 0.826. The van der Waals surface area contributed by atoms with E-state index < -0.39 is 22.0 Å². The van der Waals surface area contributed by atoms with Gasteiger partial charge in [0, 0.05) is 13.1 Å². The molecule has 0 radical (unpaired) electrons. The van der Waals surface area contributed by atoms with Gasteiger partial charge in [0.1, 0.15) is 0 Å². The molecule has 0 saturated heterocycles. The zero-order valence-electron chi connectivity index (χ0n) is 10.4. The number of nitrogens with one attached hydrogen (secondary N) is 2. The maximum Gasteiger partial charge on any atom is 0.367 e. The second-order valence-electron chi connectivity index (χ2n) is 3.40. The van der Waals surface area contributed by atoms with Crippen molar-refractivity contribution in [1.82, 2.24) is 10.2 Å². The van der Waals surface area contributed by atoms with E-state index in [4.69, 9.17) is 45.0 Å². The summed E-state index contributed by atoms with van der Waals surface area (Å²) in [6.45, 7) is 4.64. The third kappa shape index (κ3) is 10.8. The molecule has 19 heavy (non-hydrogen) atoms. The minimum Gasteiger partial charge on any atom is -0.259 e. The Morgan fingerprint density at radius 3 is 1.47 bits per heavy atom. The second-order valence-corrected chi connectivity index (χ2v) is 15.1. The summed E-state index contributed by atoms with van der Waals surface area (Å²) in [7, 11) is -4.26. The van der Waals surface area contributed by atoms with Gasteiger partial charge in [-0.25, -0.2) is 0 Å². The van der Waals surface area contributed by atoms with Gasteiger partial charge in [-0.15, -0.1) is 8.30 Å². The Hall–Kier alpha value is 1.49. The Morgan fingerprint density at radius 1 is 0.895 bits per heavy atom. The summed E-state index contributed by atoms with van der Waals surface area (Å²) in [5.41, 5.74) is 0. The molecule has 0 aliphatic heterocycles. The molecule has 0 fully saturated rings. The molecule has 0 spiro atoms. The summed E-state index contributed by atoms with van der Waals surface area (Å²) >= 11 is 23.2. The maximum absolute atomic E-state index is 11.7. The van der Waals surface area contributed by atoms with Gasteiger partial charge in [0.25, 0.3) is 0 Å². The van der Waals surface area contributed by atoms with E-state index in [1.807, 2.05) is 13.8 Å². The van der Waals surface area contributed by atoms with E-state index >= 15 is 0 Å². The first-order valence-electron chi connectivity index (χ1n) is 5.34. The predicted octanol–water partition coefficient (Wildman–Crippen LogP) is 5.08. The SMILES string of the molecule is CCCNP(Cl)(Cl)=NS(=O)(=O)N=P(Cl)(Cl)NCCC. The average molecular weight is 412 g/mol. The zero-order valence-corrected chi connectivity index (χ0v) is 16.0. The van der Waals surface area contributed by atoms with Crippen LogP contribution in [0.5, 0.6) is 0 Å². The molecule has 0 heterocycles. The Labute approximate surface area is 133 Å². The van der Waals surface area contributed by atoms with E-state index in [2.05, 4.69) is 18.5 Å². The topological polar surface area (TPSA) is 82.9 Å². The molecule has 0 atom stereocenters. The van der Waals surface area contributed by atoms with E-state index in [-0.39, 0.29) is 0 Å². The second kappa shape index (κ2) is 8.82. The molecule has 0 saturated carbocycles. The van der Waals surface area contributed by atoms with Crippen LogP contribution in [0.4, 0.5) is 0 Å². The van der Waals surface area contributed by atoms with Crippen LogP contribution < -0.4 is 10.2 Å². The van der Waals surface area contributed by atoms with E-state index in [1.165, 1.54) is 0 Å². The third-order valence-electron chi connectivity index (χ3n) is 1.52. The van der Waals surface area contributed by atoms with Crippen LogP contribution in [-0.4, -0.2) is 21.5 Å². The van der Waals surface area contributed by atoms with Crippen LogP contribution in [0.15, 0.2) is 8.30 Å². The number of nitrogens with zero attached hydrogens (tertiary/aromatic N) is 2. The fraction of sp³-hybridized carbons (Fsp3) is 1.00. The Bertz CT molecular complexity index is 447. The van der Waals surface area contributed by atoms with E-state index in [0.717, 1.165) is 12.8 Å². The molecule has 0 aliphatic carbocycles. The fourth-order valence-corrected chi connectivity index (χ4v) is 8.59. The van der Waals surface area contributed by atoms with Crippen molar-refractivity contribution in [1.29, 1.82) is 0 Å². The molecule has 0 aromatic rings. The molecule has 0 rings (SSSR count). The van der Waals surface area contributed by atoms with Crippen molar-refractivity contribution >= 4 is 67.0 Å². The average Bonchev–Trinajstić information content (AvgIpc) is 2.20. The van der Waals surface area contributed by atoms with Gasteiger partial charge in [-0.2, -0.15) is 8.42 Å². The van der Waals surface area contributed by atoms with E-state index in [9.17, 15) is 8.42 Å². The Kier molecular flexibility index (Phi) is 9.51. The third-order valence-corrected chi connectivity index (χ3v) is 9.67. The van der Waals surface area contributed by atoms with Gasteiger partial charge >= 0.3 is 10.2 Å². The van der Waals surface area contributed by atoms with Gasteiger partial charge in [0.05, 0.1) is 0 Å². The largest absolute Gasteiger partial charge is 0.367 e. The minimum atomic E-state index is -4.26. The highest BCUT2D eigenvalue weighted by Gasteiger charge is 2.21. The lowest BCUT2D eigenvalue weighted by atomic mass is 10.5. The molecule has 0 amide bonds. The summed E-state index contributed by atoms with van der Waals surface area (Å²) in [5.74, 6) is -6.36. The molecular weight excluding hydrogens is 396 g/mol. The van der Waals surface area contributed by atoms with Crippen LogP contribution >= 0.6 is 56.8 Å². The van der Waals surface area contributed by atoms with Gasteiger partial charge < -0.3 is 0 Å². The van der Waals surface area contributed by atoms with Crippen molar-refractivity contribution in [2.75, 3.05) is 13.1 Å². The van der Waals surface area contributed by atoms with Crippen LogP contribution in [0.3, 0.4) is 0 Å². The molecule has 2 N–H and O–H groups in total. The van der Waals surface area contributed by atoms with Crippen molar-refractivity contribution in [2.24, 2.45) is 8.30 Å². The summed E-state index contributed by atoms with van der Waals surface area (Å²) < 4.78 is 30.0. The Balaban J connectivity index is 5.19. The molecule has 0 aromatic carbocycles. The van der Waals surface area contributed by atoms with Crippen molar-refractivity contribution in [3.63, 3.8) is 0 Å². The highest BCUT2D eigenvalue weighted by molar-refractivity contribution is 8.16. The van der Waals surface area contributed by atoms with Crippen LogP contribution in [0.2, 0.25) is 0 Å². The molecule has 0 unspecified atom stereocenters. The van der Waals surface area contributed by atoms with Crippen LogP contribution in [0.25, 0.3) is 0 Å². The highest BCUT2D eigenvalue weighted by atomic mass is 35.9. The molecule has 0 aromatic heterocycles. The molecule has 116 valence electrons. The molecule has 0 aliphatic rings. The van der Waals surface area contributed by atoms with Gasteiger partial charge in [-0.05, 0) is 57.8 Å². The normalized spacial score (nSPS) is 13.4. The molecule has 6 nitrogen and oxygen atoms in total. The van der Waals surface area contributed by atoms with E-state index in [0.29, 0.717) is 13.1 Å². The van der Waals surface area contributed by atoms with Gasteiger partial charge in [-0.3, -0.25) is 10.2 Å². The van der Waals surface area contributed by atoms with Crippen LogP contribution in [0.1, 0.15) is 26.7 Å². The van der Waals surface area contributed by atoms with Crippen LogP contribution in [0, 0.1) is 0 Å². The molecule has 13 heteroatoms. The predicted molar refractivity (Wildman–Crippen MR) is 87.6 cm³/mol. The number of hydrogen-bond acceptors (Lipinski definition) is 2. The monoisotopic (exact) mass is 410 g/mol. The lowest BCUT2D eigenvalue weighted by Gasteiger charge is -2.11. The summed E-state index contributed by atoms with van der Waals surface area (Å²) in [4.78, 5) is 0. The number of halogens is 4. The first-order valence-corrected chi connectivity index (χ1v) is 13.8. The lowest BCUT2D eigenvalue weighted by molar-refractivity contribution is 0.601. The molecular formula is C6H16Cl4N4O2P2S. The van der Waals surface area contributed by atoms with Crippen LogP contribution in [-0.2, 0) is 10.2 Å². The number of rotatable bonds is 8.